The van der Waals surface area contributed by atoms with Gasteiger partial charge in [-0.15, -0.1) is 0 Å². The van der Waals surface area contributed by atoms with Gasteiger partial charge in [-0.05, 0) is 0 Å². The SMILES string of the molecule is OC[C@H]1O[C@@H](OC[C@@H]2O[C@@H](O)[C@H](O)[C@H](O)[C@@H]2O)[C@H](O)[C@H](O)[C@@H]1O. The van der Waals surface area contributed by atoms with Gasteiger partial charge >= 0.3 is 0 Å². The Morgan fingerprint density at radius 1 is 0.652 bits per heavy atom. The van der Waals surface area contributed by atoms with Gasteiger partial charge in [-0.3, -0.25) is 0 Å². The molecule has 0 aromatic heterocycles. The summed E-state index contributed by atoms with van der Waals surface area (Å²) >= 11 is 0. The number of ether oxygens (including phenoxy) is 3. The molecule has 2 aliphatic rings. The first-order valence-electron chi connectivity index (χ1n) is 7.07. The van der Waals surface area contributed by atoms with Crippen molar-refractivity contribution >= 4 is 0 Å². The Morgan fingerprint density at radius 2 is 1.22 bits per heavy atom. The van der Waals surface area contributed by atoms with Crippen LogP contribution in [-0.4, -0.2) is 115 Å². The number of hydrogen-bond acceptors (Lipinski definition) is 11. The lowest BCUT2D eigenvalue weighted by atomic mass is 9.98. The highest BCUT2D eigenvalue weighted by Crippen LogP contribution is 2.24. The standard InChI is InChI=1S/C12H22O11/c13-1-3-5(14)8(17)10(19)12(23-3)21-2-4-6(15)7(16)9(18)11(20)22-4/h3-20H,1-2H2/t3-,4+,5-,6-,7-,8-,9-,10-,11-,12-/m1/s1. The van der Waals surface area contributed by atoms with Crippen LogP contribution >= 0.6 is 0 Å². The van der Waals surface area contributed by atoms with E-state index in [0.29, 0.717) is 0 Å². The van der Waals surface area contributed by atoms with Crippen molar-refractivity contribution in [1.82, 2.24) is 0 Å². The van der Waals surface area contributed by atoms with Crippen LogP contribution in [-0.2, 0) is 14.2 Å². The molecule has 2 rings (SSSR count). The predicted molar refractivity (Wildman–Crippen MR) is 68.6 cm³/mol. The van der Waals surface area contributed by atoms with Crippen LogP contribution < -0.4 is 0 Å². The Bertz CT molecular complexity index is 380. The van der Waals surface area contributed by atoms with Crippen LogP contribution in [0.1, 0.15) is 0 Å². The lowest BCUT2D eigenvalue weighted by molar-refractivity contribution is -0.325. The van der Waals surface area contributed by atoms with Gasteiger partial charge < -0.3 is 55.1 Å². The molecule has 2 saturated heterocycles. The van der Waals surface area contributed by atoms with Crippen molar-refractivity contribution in [3.05, 3.63) is 0 Å². The van der Waals surface area contributed by atoms with E-state index in [0.717, 1.165) is 0 Å². The minimum absolute atomic E-state index is 0.468. The van der Waals surface area contributed by atoms with Crippen molar-refractivity contribution in [2.24, 2.45) is 0 Å². The van der Waals surface area contributed by atoms with Crippen molar-refractivity contribution in [2.75, 3.05) is 13.2 Å². The Labute approximate surface area is 130 Å². The number of aliphatic hydroxyl groups excluding tert-OH is 8. The van der Waals surface area contributed by atoms with Crippen LogP contribution in [0.3, 0.4) is 0 Å². The number of hydrogen-bond donors (Lipinski definition) is 8. The maximum Gasteiger partial charge on any atom is 0.186 e. The first kappa shape index (κ1) is 18.9. The third-order valence-electron chi connectivity index (χ3n) is 3.96. The van der Waals surface area contributed by atoms with Crippen LogP contribution in [0.25, 0.3) is 0 Å². The monoisotopic (exact) mass is 342 g/mol. The Morgan fingerprint density at radius 3 is 1.83 bits per heavy atom. The topological polar surface area (TPSA) is 190 Å². The smallest absolute Gasteiger partial charge is 0.186 e. The van der Waals surface area contributed by atoms with Gasteiger partial charge in [0.15, 0.2) is 12.6 Å². The first-order chi connectivity index (χ1) is 10.8. The summed E-state index contributed by atoms with van der Waals surface area (Å²) < 4.78 is 15.1. The molecule has 0 amide bonds. The first-order valence-corrected chi connectivity index (χ1v) is 7.07. The van der Waals surface area contributed by atoms with Crippen LogP contribution in [0, 0.1) is 0 Å². The molecule has 2 fully saturated rings. The highest BCUT2D eigenvalue weighted by molar-refractivity contribution is 4.91. The Balaban J connectivity index is 1.94. The fourth-order valence-corrected chi connectivity index (χ4v) is 2.46. The molecule has 10 atom stereocenters. The molecule has 136 valence electrons. The van der Waals surface area contributed by atoms with E-state index in [1.54, 1.807) is 0 Å². The second kappa shape index (κ2) is 7.63. The van der Waals surface area contributed by atoms with Gasteiger partial charge in [0, 0.05) is 0 Å². The highest BCUT2D eigenvalue weighted by Gasteiger charge is 2.46. The van der Waals surface area contributed by atoms with Crippen LogP contribution in [0.15, 0.2) is 0 Å². The van der Waals surface area contributed by atoms with E-state index >= 15 is 0 Å². The van der Waals surface area contributed by atoms with E-state index in [4.69, 9.17) is 19.3 Å². The zero-order chi connectivity index (χ0) is 17.3. The highest BCUT2D eigenvalue weighted by atomic mass is 16.7. The third-order valence-corrected chi connectivity index (χ3v) is 3.96. The summed E-state index contributed by atoms with van der Waals surface area (Å²) in [6, 6.07) is 0. The molecule has 23 heavy (non-hydrogen) atoms. The summed E-state index contributed by atoms with van der Waals surface area (Å²) in [5.41, 5.74) is 0. The zero-order valence-corrected chi connectivity index (χ0v) is 12.0. The maximum absolute atomic E-state index is 9.78. The van der Waals surface area contributed by atoms with Gasteiger partial charge in [-0.2, -0.15) is 0 Å². The molecule has 0 aromatic rings. The van der Waals surface area contributed by atoms with E-state index < -0.39 is 74.6 Å². The molecule has 0 bridgehead atoms. The molecule has 0 saturated carbocycles. The largest absolute Gasteiger partial charge is 0.394 e. The molecule has 0 radical (unpaired) electrons. The van der Waals surface area contributed by atoms with Crippen molar-refractivity contribution in [3.63, 3.8) is 0 Å². The average molecular weight is 342 g/mol. The van der Waals surface area contributed by atoms with Gasteiger partial charge in [0.05, 0.1) is 13.2 Å². The predicted octanol–water partition coefficient (Wildman–Crippen LogP) is -5.40. The van der Waals surface area contributed by atoms with Gasteiger partial charge in [-0.25, -0.2) is 0 Å². The molecule has 2 aliphatic heterocycles. The normalized spacial score (nSPS) is 51.7. The average Bonchev–Trinajstić information content (AvgIpc) is 2.54. The minimum atomic E-state index is -1.74. The van der Waals surface area contributed by atoms with Gasteiger partial charge in [0.2, 0.25) is 0 Å². The van der Waals surface area contributed by atoms with Crippen LogP contribution in [0.5, 0.6) is 0 Å². The van der Waals surface area contributed by atoms with Gasteiger partial charge in [0.25, 0.3) is 0 Å². The van der Waals surface area contributed by atoms with E-state index in [-0.39, 0.29) is 0 Å². The van der Waals surface area contributed by atoms with Crippen LogP contribution in [0.4, 0.5) is 0 Å². The molecule has 11 heteroatoms. The quantitative estimate of drug-likeness (QED) is 0.243. The zero-order valence-electron chi connectivity index (χ0n) is 12.0. The Kier molecular flexibility index (Phi) is 6.27. The van der Waals surface area contributed by atoms with E-state index in [9.17, 15) is 35.7 Å². The summed E-state index contributed by atoms with van der Waals surface area (Å²) in [6.45, 7) is -1.10. The van der Waals surface area contributed by atoms with Crippen molar-refractivity contribution in [1.29, 1.82) is 0 Å². The molecule has 0 spiro atoms. The summed E-state index contributed by atoms with van der Waals surface area (Å²) in [4.78, 5) is 0. The molecule has 11 nitrogen and oxygen atoms in total. The van der Waals surface area contributed by atoms with E-state index in [1.165, 1.54) is 0 Å². The van der Waals surface area contributed by atoms with Gasteiger partial charge in [-0.1, -0.05) is 0 Å². The lowest BCUT2D eigenvalue weighted by Crippen LogP contribution is -2.61. The van der Waals surface area contributed by atoms with Crippen LogP contribution in [0.2, 0.25) is 0 Å². The summed E-state index contributed by atoms with van der Waals surface area (Å²) in [6.07, 6.45) is -15.3. The second-order valence-corrected chi connectivity index (χ2v) is 5.57. The molecule has 0 aromatic carbocycles. The molecule has 0 aliphatic carbocycles. The van der Waals surface area contributed by atoms with Gasteiger partial charge in [0.1, 0.15) is 48.8 Å². The van der Waals surface area contributed by atoms with Crippen molar-refractivity contribution < 1.29 is 55.1 Å². The van der Waals surface area contributed by atoms with Crippen molar-refractivity contribution in [3.8, 4) is 0 Å². The fourth-order valence-electron chi connectivity index (χ4n) is 2.46. The third kappa shape index (κ3) is 3.81. The summed E-state index contributed by atoms with van der Waals surface area (Å²) in [5.74, 6) is 0. The summed E-state index contributed by atoms with van der Waals surface area (Å²) in [5, 5.41) is 76.1. The number of aliphatic hydroxyl groups is 8. The Hall–Kier alpha value is -0.440. The molecule has 8 N–H and O–H groups in total. The molecular formula is C12H22O11. The number of rotatable bonds is 4. The molecule has 0 unspecified atom stereocenters. The fraction of sp³-hybridized carbons (Fsp3) is 1.00. The van der Waals surface area contributed by atoms with E-state index in [1.807, 2.05) is 0 Å². The molecular weight excluding hydrogens is 320 g/mol. The minimum Gasteiger partial charge on any atom is -0.394 e. The molecule has 2 heterocycles. The van der Waals surface area contributed by atoms with E-state index in [2.05, 4.69) is 0 Å². The maximum atomic E-state index is 9.78. The second-order valence-electron chi connectivity index (χ2n) is 5.57. The van der Waals surface area contributed by atoms with Crippen molar-refractivity contribution in [2.45, 2.75) is 61.4 Å². The summed E-state index contributed by atoms with van der Waals surface area (Å²) in [7, 11) is 0. The lowest BCUT2D eigenvalue weighted by Gasteiger charge is -2.41.